The molecule has 0 saturated carbocycles. The molecule has 0 bridgehead atoms. The van der Waals surface area contributed by atoms with Gasteiger partial charge in [0.15, 0.2) is 0 Å². The standard InChI is InChI=1S/C10H15N3O5/c1-3-18-10(15)5-8(14)6-12-7(2)4-9(11-12)13(16)17/h4,8,14H,3,5-6H2,1-2H3. The number of carbonyl (C=O) groups is 1. The molecule has 1 N–H and O–H groups in total. The van der Waals surface area contributed by atoms with Gasteiger partial charge < -0.3 is 20.0 Å². The zero-order chi connectivity index (χ0) is 13.7. The summed E-state index contributed by atoms with van der Waals surface area (Å²) in [4.78, 5) is 21.0. The van der Waals surface area contributed by atoms with Crippen molar-refractivity contribution >= 4 is 11.8 Å². The summed E-state index contributed by atoms with van der Waals surface area (Å²) >= 11 is 0. The molecule has 0 aliphatic carbocycles. The molecule has 100 valence electrons. The van der Waals surface area contributed by atoms with Gasteiger partial charge in [0.25, 0.3) is 0 Å². The third-order valence-corrected chi connectivity index (χ3v) is 2.25. The van der Waals surface area contributed by atoms with E-state index in [1.165, 1.54) is 10.7 Å². The van der Waals surface area contributed by atoms with Gasteiger partial charge in [0.1, 0.15) is 0 Å². The number of rotatable bonds is 6. The van der Waals surface area contributed by atoms with Crippen LogP contribution in [-0.2, 0) is 16.1 Å². The van der Waals surface area contributed by atoms with E-state index in [1.54, 1.807) is 13.8 Å². The lowest BCUT2D eigenvalue weighted by atomic mass is 10.2. The number of hydrogen-bond acceptors (Lipinski definition) is 6. The third-order valence-electron chi connectivity index (χ3n) is 2.25. The van der Waals surface area contributed by atoms with Crippen molar-refractivity contribution in [2.75, 3.05) is 6.61 Å². The summed E-state index contributed by atoms with van der Waals surface area (Å²) in [7, 11) is 0. The molecule has 0 amide bonds. The lowest BCUT2D eigenvalue weighted by molar-refractivity contribution is -0.389. The normalized spacial score (nSPS) is 12.2. The molecule has 8 heteroatoms. The molecule has 1 heterocycles. The Labute approximate surface area is 103 Å². The molecule has 0 aliphatic heterocycles. The van der Waals surface area contributed by atoms with Gasteiger partial charge in [0.2, 0.25) is 0 Å². The highest BCUT2D eigenvalue weighted by Gasteiger charge is 2.19. The molecule has 0 fully saturated rings. The molecule has 0 saturated heterocycles. The fraction of sp³-hybridized carbons (Fsp3) is 0.600. The SMILES string of the molecule is CCOC(=O)CC(O)Cn1nc([N+](=O)[O-])cc1C. The molecular weight excluding hydrogens is 242 g/mol. The second kappa shape index (κ2) is 6.10. The number of hydrogen-bond donors (Lipinski definition) is 1. The van der Waals surface area contributed by atoms with Crippen molar-refractivity contribution in [3.05, 3.63) is 21.9 Å². The van der Waals surface area contributed by atoms with Crippen molar-refractivity contribution < 1.29 is 19.6 Å². The first kappa shape index (κ1) is 14.1. The molecule has 0 aliphatic rings. The zero-order valence-electron chi connectivity index (χ0n) is 10.2. The van der Waals surface area contributed by atoms with Crippen molar-refractivity contribution in [1.82, 2.24) is 9.78 Å². The molecule has 1 unspecified atom stereocenters. The number of ether oxygens (including phenoxy) is 1. The first-order valence-corrected chi connectivity index (χ1v) is 5.46. The zero-order valence-corrected chi connectivity index (χ0v) is 10.2. The van der Waals surface area contributed by atoms with E-state index < -0.39 is 17.0 Å². The van der Waals surface area contributed by atoms with Crippen molar-refractivity contribution in [3.8, 4) is 0 Å². The van der Waals surface area contributed by atoms with Gasteiger partial charge in [-0.1, -0.05) is 0 Å². The number of aliphatic hydroxyl groups is 1. The van der Waals surface area contributed by atoms with E-state index in [1.807, 2.05) is 0 Å². The second-order valence-electron chi connectivity index (χ2n) is 3.75. The number of nitro groups is 1. The first-order chi connectivity index (χ1) is 8.43. The summed E-state index contributed by atoms with van der Waals surface area (Å²) in [5, 5.41) is 23.9. The monoisotopic (exact) mass is 257 g/mol. The van der Waals surface area contributed by atoms with E-state index >= 15 is 0 Å². The molecule has 1 aromatic rings. The van der Waals surface area contributed by atoms with Gasteiger partial charge in [-0.2, -0.15) is 4.68 Å². The summed E-state index contributed by atoms with van der Waals surface area (Å²) in [5.74, 6) is -0.792. The van der Waals surface area contributed by atoms with Crippen LogP contribution < -0.4 is 0 Å². The maximum atomic E-state index is 11.1. The van der Waals surface area contributed by atoms with E-state index in [4.69, 9.17) is 0 Å². The van der Waals surface area contributed by atoms with Crippen LogP contribution in [0.5, 0.6) is 0 Å². The van der Waals surface area contributed by atoms with Crippen LogP contribution in [0.15, 0.2) is 6.07 Å². The average molecular weight is 257 g/mol. The quantitative estimate of drug-likeness (QED) is 0.449. The van der Waals surface area contributed by atoms with Crippen LogP contribution in [0.2, 0.25) is 0 Å². The van der Waals surface area contributed by atoms with Crippen molar-refractivity contribution in [3.63, 3.8) is 0 Å². The minimum Gasteiger partial charge on any atom is -0.466 e. The van der Waals surface area contributed by atoms with Crippen LogP contribution in [-0.4, -0.2) is 38.5 Å². The predicted octanol–water partition coefficient (Wildman–Crippen LogP) is 0.414. The molecule has 0 spiro atoms. The number of aromatic nitrogens is 2. The molecule has 0 radical (unpaired) electrons. The van der Waals surface area contributed by atoms with E-state index in [-0.39, 0.29) is 25.4 Å². The van der Waals surface area contributed by atoms with Crippen molar-refractivity contribution in [2.24, 2.45) is 0 Å². The smallest absolute Gasteiger partial charge is 0.390 e. The average Bonchev–Trinajstić information content (AvgIpc) is 2.60. The highest BCUT2D eigenvalue weighted by Crippen LogP contribution is 2.12. The second-order valence-corrected chi connectivity index (χ2v) is 3.75. The Kier molecular flexibility index (Phi) is 4.78. The van der Waals surface area contributed by atoms with Gasteiger partial charge in [-0.3, -0.25) is 4.79 Å². The summed E-state index contributed by atoms with van der Waals surface area (Å²) in [6.45, 7) is 3.57. The van der Waals surface area contributed by atoms with E-state index in [0.717, 1.165) is 0 Å². The van der Waals surface area contributed by atoms with Gasteiger partial charge in [-0.05, 0) is 18.8 Å². The summed E-state index contributed by atoms with van der Waals surface area (Å²) < 4.78 is 5.98. The van der Waals surface area contributed by atoms with Gasteiger partial charge >= 0.3 is 11.8 Å². The number of aliphatic hydroxyl groups excluding tert-OH is 1. The Morgan fingerprint density at radius 1 is 1.72 bits per heavy atom. The largest absolute Gasteiger partial charge is 0.466 e. The minimum absolute atomic E-state index is 0.0124. The number of aryl methyl sites for hydroxylation is 1. The highest BCUT2D eigenvalue weighted by atomic mass is 16.6. The van der Waals surface area contributed by atoms with E-state index in [9.17, 15) is 20.0 Å². The number of nitrogens with zero attached hydrogens (tertiary/aromatic N) is 3. The molecule has 1 rings (SSSR count). The third kappa shape index (κ3) is 3.81. The van der Waals surface area contributed by atoms with E-state index in [0.29, 0.717) is 5.69 Å². The maximum absolute atomic E-state index is 11.1. The highest BCUT2D eigenvalue weighted by molar-refractivity contribution is 5.69. The topological polar surface area (TPSA) is 107 Å². The first-order valence-electron chi connectivity index (χ1n) is 5.46. The lowest BCUT2D eigenvalue weighted by Crippen LogP contribution is -2.22. The Hall–Kier alpha value is -1.96. The molecule has 1 aromatic heterocycles. The lowest BCUT2D eigenvalue weighted by Gasteiger charge is -2.08. The van der Waals surface area contributed by atoms with Crippen LogP contribution in [0.3, 0.4) is 0 Å². The molecule has 0 aromatic carbocycles. The maximum Gasteiger partial charge on any atom is 0.390 e. The van der Waals surface area contributed by atoms with Crippen LogP contribution in [0, 0.1) is 17.0 Å². The van der Waals surface area contributed by atoms with Crippen LogP contribution in [0.4, 0.5) is 5.82 Å². The Morgan fingerprint density at radius 2 is 2.39 bits per heavy atom. The summed E-state index contributed by atoms with van der Waals surface area (Å²) in [6.07, 6.45) is -1.15. The molecule has 18 heavy (non-hydrogen) atoms. The van der Waals surface area contributed by atoms with E-state index in [2.05, 4.69) is 9.84 Å². The van der Waals surface area contributed by atoms with Crippen LogP contribution in [0.1, 0.15) is 19.0 Å². The fourth-order valence-electron chi connectivity index (χ4n) is 1.44. The summed E-state index contributed by atoms with van der Waals surface area (Å²) in [5.41, 5.74) is 0.546. The number of carbonyl (C=O) groups excluding carboxylic acids is 1. The minimum atomic E-state index is -0.984. The molecule has 1 atom stereocenters. The van der Waals surface area contributed by atoms with Gasteiger partial charge in [0, 0.05) is 0 Å². The fourth-order valence-corrected chi connectivity index (χ4v) is 1.44. The molecular formula is C10H15N3O5. The Bertz CT molecular complexity index is 443. The summed E-state index contributed by atoms with van der Waals surface area (Å²) in [6, 6.07) is 1.30. The van der Waals surface area contributed by atoms with Crippen molar-refractivity contribution in [2.45, 2.75) is 32.9 Å². The van der Waals surface area contributed by atoms with Gasteiger partial charge in [-0.25, -0.2) is 0 Å². The predicted molar refractivity (Wildman–Crippen MR) is 60.9 cm³/mol. The van der Waals surface area contributed by atoms with Crippen LogP contribution >= 0.6 is 0 Å². The molecule has 8 nitrogen and oxygen atoms in total. The van der Waals surface area contributed by atoms with Gasteiger partial charge in [0.05, 0.1) is 42.5 Å². The Balaban J connectivity index is 2.61. The van der Waals surface area contributed by atoms with Crippen molar-refractivity contribution in [1.29, 1.82) is 0 Å². The van der Waals surface area contributed by atoms with Crippen LogP contribution in [0.25, 0.3) is 0 Å². The van der Waals surface area contributed by atoms with Gasteiger partial charge in [-0.15, -0.1) is 0 Å². The number of esters is 1. The Morgan fingerprint density at radius 3 is 2.89 bits per heavy atom.